The summed E-state index contributed by atoms with van der Waals surface area (Å²) in [6.45, 7) is 1.01. The van der Waals surface area contributed by atoms with E-state index in [0.717, 1.165) is 21.9 Å². The molecular weight excluding hydrogens is 300 g/mol. The molecule has 0 bridgehead atoms. The second-order valence-electron chi connectivity index (χ2n) is 4.80. The predicted molar refractivity (Wildman–Crippen MR) is 88.4 cm³/mol. The molecule has 0 aliphatic carbocycles. The summed E-state index contributed by atoms with van der Waals surface area (Å²) in [4.78, 5) is 11.7. The highest BCUT2D eigenvalue weighted by Crippen LogP contribution is 2.14. The van der Waals surface area contributed by atoms with Crippen molar-refractivity contribution in [3.05, 3.63) is 64.7 Å². The number of nitrogens with one attached hydrogen (secondary N) is 2. The van der Waals surface area contributed by atoms with Crippen LogP contribution in [0.4, 0.5) is 4.79 Å². The predicted octanol–water partition coefficient (Wildman–Crippen LogP) is 3.39. The van der Waals surface area contributed by atoms with Crippen molar-refractivity contribution < 1.29 is 9.53 Å². The summed E-state index contributed by atoms with van der Waals surface area (Å²) in [5.74, 6) is 0.799. The zero-order chi connectivity index (χ0) is 15.8. The number of carbonyl (C=O) groups excluding carboxylic acids is 1. The van der Waals surface area contributed by atoms with Gasteiger partial charge in [-0.15, -0.1) is 0 Å². The molecule has 0 radical (unpaired) electrons. The summed E-state index contributed by atoms with van der Waals surface area (Å²) in [7, 11) is 1.62. The third-order valence-corrected chi connectivity index (χ3v) is 3.62. The first-order chi connectivity index (χ1) is 10.7. The van der Waals surface area contributed by atoms with Crippen molar-refractivity contribution in [2.75, 3.05) is 13.7 Å². The number of amides is 2. The standard InChI is InChI=1S/C17H19ClN2O2/c1-22-15-8-6-13(7-9-15)12-20-17(21)19-11-10-14-4-2-3-5-16(14)18/h2-9H,10-12H2,1H3,(H2,19,20,21). The maximum absolute atomic E-state index is 11.7. The molecule has 116 valence electrons. The van der Waals surface area contributed by atoms with E-state index in [1.807, 2.05) is 48.5 Å². The molecule has 2 rings (SSSR count). The largest absolute Gasteiger partial charge is 0.497 e. The average molecular weight is 319 g/mol. The first kappa shape index (κ1) is 16.2. The van der Waals surface area contributed by atoms with Crippen LogP contribution in [0, 0.1) is 0 Å². The van der Waals surface area contributed by atoms with Crippen molar-refractivity contribution in [1.29, 1.82) is 0 Å². The van der Waals surface area contributed by atoms with Crippen LogP contribution >= 0.6 is 11.6 Å². The SMILES string of the molecule is COc1ccc(CNC(=O)NCCc2ccccc2Cl)cc1. The third kappa shape index (κ3) is 4.97. The van der Waals surface area contributed by atoms with Crippen LogP contribution in [0.5, 0.6) is 5.75 Å². The third-order valence-electron chi connectivity index (χ3n) is 3.25. The monoisotopic (exact) mass is 318 g/mol. The van der Waals surface area contributed by atoms with Crippen LogP contribution in [0.3, 0.4) is 0 Å². The lowest BCUT2D eigenvalue weighted by molar-refractivity contribution is 0.240. The molecule has 2 N–H and O–H groups in total. The molecule has 2 aromatic rings. The summed E-state index contributed by atoms with van der Waals surface area (Å²) in [6, 6.07) is 15.0. The Kier molecular flexibility index (Phi) is 6.10. The number of ether oxygens (including phenoxy) is 1. The molecule has 0 heterocycles. The number of hydrogen-bond donors (Lipinski definition) is 2. The van der Waals surface area contributed by atoms with Gasteiger partial charge < -0.3 is 15.4 Å². The summed E-state index contributed by atoms with van der Waals surface area (Å²) in [5, 5.41) is 6.36. The number of urea groups is 1. The lowest BCUT2D eigenvalue weighted by atomic mass is 10.1. The molecular formula is C17H19ClN2O2. The van der Waals surface area contributed by atoms with Gasteiger partial charge in [0.1, 0.15) is 5.75 Å². The van der Waals surface area contributed by atoms with Gasteiger partial charge in [0.15, 0.2) is 0 Å². The van der Waals surface area contributed by atoms with Gasteiger partial charge in [-0.05, 0) is 35.7 Å². The van der Waals surface area contributed by atoms with E-state index in [0.29, 0.717) is 19.5 Å². The summed E-state index contributed by atoms with van der Waals surface area (Å²) in [6.07, 6.45) is 0.704. The number of halogens is 1. The zero-order valence-electron chi connectivity index (χ0n) is 12.4. The minimum atomic E-state index is -0.192. The Morgan fingerprint density at radius 1 is 1.09 bits per heavy atom. The Balaban J connectivity index is 1.70. The quantitative estimate of drug-likeness (QED) is 0.857. The molecule has 0 aromatic heterocycles. The summed E-state index contributed by atoms with van der Waals surface area (Å²) < 4.78 is 5.09. The van der Waals surface area contributed by atoms with Gasteiger partial charge in [0.05, 0.1) is 7.11 Å². The Labute approximate surface area is 135 Å². The molecule has 0 aliphatic heterocycles. The van der Waals surface area contributed by atoms with E-state index in [-0.39, 0.29) is 6.03 Å². The van der Waals surface area contributed by atoms with Crippen molar-refractivity contribution in [3.63, 3.8) is 0 Å². The Hall–Kier alpha value is -2.20. The lowest BCUT2D eigenvalue weighted by Gasteiger charge is -2.09. The first-order valence-corrected chi connectivity index (χ1v) is 7.45. The number of hydrogen-bond acceptors (Lipinski definition) is 2. The zero-order valence-corrected chi connectivity index (χ0v) is 13.2. The van der Waals surface area contributed by atoms with Gasteiger partial charge in [0.2, 0.25) is 0 Å². The minimum Gasteiger partial charge on any atom is -0.497 e. The summed E-state index contributed by atoms with van der Waals surface area (Å²) >= 11 is 6.07. The van der Waals surface area contributed by atoms with E-state index >= 15 is 0 Å². The van der Waals surface area contributed by atoms with Gasteiger partial charge in [-0.25, -0.2) is 4.79 Å². The van der Waals surface area contributed by atoms with Crippen LogP contribution in [0.1, 0.15) is 11.1 Å². The van der Waals surface area contributed by atoms with Crippen molar-refractivity contribution in [3.8, 4) is 5.75 Å². The number of methoxy groups -OCH3 is 1. The molecule has 0 saturated heterocycles. The van der Waals surface area contributed by atoms with Crippen molar-refractivity contribution in [2.45, 2.75) is 13.0 Å². The number of benzene rings is 2. The van der Waals surface area contributed by atoms with Crippen molar-refractivity contribution >= 4 is 17.6 Å². The normalized spacial score (nSPS) is 10.1. The minimum absolute atomic E-state index is 0.192. The van der Waals surface area contributed by atoms with E-state index in [1.54, 1.807) is 7.11 Å². The molecule has 2 amide bonds. The topological polar surface area (TPSA) is 50.4 Å². The fourth-order valence-corrected chi connectivity index (χ4v) is 2.23. The van der Waals surface area contributed by atoms with E-state index in [9.17, 15) is 4.79 Å². The molecule has 22 heavy (non-hydrogen) atoms. The van der Waals surface area contributed by atoms with Crippen LogP contribution in [0.15, 0.2) is 48.5 Å². The molecule has 0 aliphatic rings. The van der Waals surface area contributed by atoms with Crippen LogP contribution in [-0.4, -0.2) is 19.7 Å². The van der Waals surface area contributed by atoms with Crippen LogP contribution in [0.25, 0.3) is 0 Å². The number of rotatable bonds is 6. The van der Waals surface area contributed by atoms with Crippen LogP contribution in [0.2, 0.25) is 5.02 Å². The van der Waals surface area contributed by atoms with Gasteiger partial charge in [-0.2, -0.15) is 0 Å². The Morgan fingerprint density at radius 2 is 1.82 bits per heavy atom. The Bertz CT molecular complexity index is 614. The smallest absolute Gasteiger partial charge is 0.315 e. The second kappa shape index (κ2) is 8.29. The van der Waals surface area contributed by atoms with Gasteiger partial charge >= 0.3 is 6.03 Å². The van der Waals surface area contributed by atoms with Gasteiger partial charge in [-0.1, -0.05) is 41.9 Å². The van der Waals surface area contributed by atoms with Crippen LogP contribution < -0.4 is 15.4 Å². The molecule has 2 aromatic carbocycles. The fourth-order valence-electron chi connectivity index (χ4n) is 2.00. The second-order valence-corrected chi connectivity index (χ2v) is 5.21. The van der Waals surface area contributed by atoms with Crippen molar-refractivity contribution in [2.24, 2.45) is 0 Å². The van der Waals surface area contributed by atoms with E-state index in [4.69, 9.17) is 16.3 Å². The fraction of sp³-hybridized carbons (Fsp3) is 0.235. The highest BCUT2D eigenvalue weighted by Gasteiger charge is 2.02. The maximum Gasteiger partial charge on any atom is 0.315 e. The van der Waals surface area contributed by atoms with Crippen LogP contribution in [-0.2, 0) is 13.0 Å². The van der Waals surface area contributed by atoms with Gasteiger partial charge in [0.25, 0.3) is 0 Å². The maximum atomic E-state index is 11.7. The highest BCUT2D eigenvalue weighted by atomic mass is 35.5. The molecule has 0 unspecified atom stereocenters. The molecule has 0 atom stereocenters. The highest BCUT2D eigenvalue weighted by molar-refractivity contribution is 6.31. The van der Waals surface area contributed by atoms with E-state index in [1.165, 1.54) is 0 Å². The molecule has 4 nitrogen and oxygen atoms in total. The van der Waals surface area contributed by atoms with Crippen molar-refractivity contribution in [1.82, 2.24) is 10.6 Å². The average Bonchev–Trinajstić information content (AvgIpc) is 2.55. The Morgan fingerprint density at radius 3 is 2.50 bits per heavy atom. The molecule has 0 spiro atoms. The lowest BCUT2D eigenvalue weighted by Crippen LogP contribution is -2.36. The first-order valence-electron chi connectivity index (χ1n) is 7.07. The summed E-state index contributed by atoms with van der Waals surface area (Å²) in [5.41, 5.74) is 2.04. The van der Waals surface area contributed by atoms with Gasteiger partial charge in [-0.3, -0.25) is 0 Å². The van der Waals surface area contributed by atoms with E-state index in [2.05, 4.69) is 10.6 Å². The molecule has 5 heteroatoms. The van der Waals surface area contributed by atoms with E-state index < -0.39 is 0 Å². The molecule has 0 fully saturated rings. The molecule has 0 saturated carbocycles. The number of carbonyl (C=O) groups is 1. The van der Waals surface area contributed by atoms with Gasteiger partial charge in [0, 0.05) is 18.1 Å².